The highest BCUT2D eigenvalue weighted by molar-refractivity contribution is 7.91. The maximum absolute atomic E-state index is 12.6. The van der Waals surface area contributed by atoms with E-state index in [1.165, 1.54) is 13.1 Å². The van der Waals surface area contributed by atoms with Gasteiger partial charge in [0.05, 0.1) is 6.54 Å². The molecule has 6 nitrogen and oxygen atoms in total. The van der Waals surface area contributed by atoms with E-state index in [1.807, 2.05) is 18.2 Å². The Morgan fingerprint density at radius 1 is 0.964 bits per heavy atom. The van der Waals surface area contributed by atoms with Crippen LogP contribution < -0.4 is 10.0 Å². The van der Waals surface area contributed by atoms with Crippen molar-refractivity contribution in [1.29, 1.82) is 0 Å². The van der Waals surface area contributed by atoms with Gasteiger partial charge < -0.3 is 5.32 Å². The van der Waals surface area contributed by atoms with Crippen LogP contribution in [0.15, 0.2) is 58.8 Å². The van der Waals surface area contributed by atoms with Crippen LogP contribution in [0, 0.1) is 0 Å². The molecule has 0 unspecified atom stereocenters. The molecule has 1 aliphatic carbocycles. The fourth-order valence-electron chi connectivity index (χ4n) is 3.14. The molecule has 28 heavy (non-hydrogen) atoms. The number of benzene rings is 2. The van der Waals surface area contributed by atoms with E-state index < -0.39 is 10.0 Å². The number of hydrogen-bond donors (Lipinski definition) is 2. The van der Waals surface area contributed by atoms with Crippen LogP contribution in [0.1, 0.15) is 31.2 Å². The third kappa shape index (κ3) is 3.15. The van der Waals surface area contributed by atoms with Gasteiger partial charge in [-0.25, -0.2) is 13.1 Å². The first-order valence-electron chi connectivity index (χ1n) is 8.49. The summed E-state index contributed by atoms with van der Waals surface area (Å²) in [7, 11) is -2.14. The molecule has 0 bridgehead atoms. The van der Waals surface area contributed by atoms with E-state index in [4.69, 9.17) is 0 Å². The summed E-state index contributed by atoms with van der Waals surface area (Å²) in [5.41, 5.74) is 3.27. The van der Waals surface area contributed by atoms with E-state index in [9.17, 15) is 18.0 Å². The first-order valence-corrected chi connectivity index (χ1v) is 10.8. The highest BCUT2D eigenvalue weighted by Gasteiger charge is 2.27. The van der Waals surface area contributed by atoms with E-state index >= 15 is 0 Å². The first-order chi connectivity index (χ1) is 13.4. The molecule has 2 aromatic carbocycles. The minimum atomic E-state index is -3.49. The minimum absolute atomic E-state index is 0.0829. The summed E-state index contributed by atoms with van der Waals surface area (Å²) in [6.07, 6.45) is 0. The van der Waals surface area contributed by atoms with Crippen molar-refractivity contribution in [2.24, 2.45) is 0 Å². The van der Waals surface area contributed by atoms with E-state index in [0.29, 0.717) is 21.6 Å². The van der Waals surface area contributed by atoms with Crippen molar-refractivity contribution in [2.75, 3.05) is 7.05 Å². The first kappa shape index (κ1) is 18.5. The van der Waals surface area contributed by atoms with Crippen molar-refractivity contribution >= 4 is 33.1 Å². The number of nitrogens with one attached hydrogen (secondary N) is 2. The molecule has 0 saturated carbocycles. The zero-order valence-corrected chi connectivity index (χ0v) is 16.5. The summed E-state index contributed by atoms with van der Waals surface area (Å²) in [5.74, 6) is -0.404. The monoisotopic (exact) mass is 412 g/mol. The zero-order valence-electron chi connectivity index (χ0n) is 14.9. The van der Waals surface area contributed by atoms with Crippen molar-refractivity contribution in [2.45, 2.75) is 10.8 Å². The summed E-state index contributed by atoms with van der Waals surface area (Å²) in [4.78, 5) is 25.8. The van der Waals surface area contributed by atoms with Crippen LogP contribution in [0.25, 0.3) is 11.1 Å². The van der Waals surface area contributed by atoms with Gasteiger partial charge in [0, 0.05) is 21.6 Å². The third-order valence-electron chi connectivity index (χ3n) is 4.58. The van der Waals surface area contributed by atoms with Crippen LogP contribution in [0.5, 0.6) is 0 Å². The number of ketones is 1. The Hall–Kier alpha value is -2.81. The number of carbonyl (C=O) groups excluding carboxylic acids is 2. The van der Waals surface area contributed by atoms with Crippen LogP contribution in [-0.2, 0) is 16.6 Å². The number of amides is 1. The standard InChI is InChI=1S/C20H16N2O4S2/c1-21-28(25,26)18-9-7-13(27-18)11-22-20(24)12-6-8-15-14-4-2-3-5-16(14)19(23)17(15)10-12/h2-10,21H,11H2,1H3,(H,22,24). The summed E-state index contributed by atoms with van der Waals surface area (Å²) >= 11 is 1.09. The largest absolute Gasteiger partial charge is 0.347 e. The summed E-state index contributed by atoms with van der Waals surface area (Å²) < 4.78 is 26.0. The number of hydrogen-bond acceptors (Lipinski definition) is 5. The Morgan fingerprint density at radius 3 is 2.43 bits per heavy atom. The number of rotatable bonds is 5. The van der Waals surface area contributed by atoms with Crippen LogP contribution in [0.2, 0.25) is 0 Å². The molecule has 4 rings (SSSR count). The zero-order chi connectivity index (χ0) is 19.9. The second-order valence-corrected chi connectivity index (χ2v) is 9.53. The van der Waals surface area contributed by atoms with Gasteiger partial charge in [0.25, 0.3) is 5.91 Å². The van der Waals surface area contributed by atoms with Crippen LogP contribution >= 0.6 is 11.3 Å². The predicted octanol–water partition coefficient (Wildman–Crippen LogP) is 2.80. The Kier molecular flexibility index (Phi) is 4.62. The Balaban J connectivity index is 1.51. The topological polar surface area (TPSA) is 92.3 Å². The van der Waals surface area contributed by atoms with Gasteiger partial charge in [-0.05, 0) is 42.4 Å². The molecule has 2 N–H and O–H groups in total. The number of thiophene rings is 1. The lowest BCUT2D eigenvalue weighted by molar-refractivity contribution is 0.0951. The smallest absolute Gasteiger partial charge is 0.251 e. The molecule has 3 aromatic rings. The van der Waals surface area contributed by atoms with Crippen LogP contribution in [0.4, 0.5) is 0 Å². The van der Waals surface area contributed by atoms with Gasteiger partial charge in [-0.3, -0.25) is 9.59 Å². The quantitative estimate of drug-likeness (QED) is 0.527. The summed E-state index contributed by atoms with van der Waals surface area (Å²) in [5, 5.41) is 2.77. The molecule has 142 valence electrons. The molecular formula is C20H16N2O4S2. The second kappa shape index (κ2) is 6.97. The third-order valence-corrected chi connectivity index (χ3v) is 7.57. The molecule has 0 saturated heterocycles. The molecular weight excluding hydrogens is 396 g/mol. The number of carbonyl (C=O) groups is 2. The van der Waals surface area contributed by atoms with Gasteiger partial charge in [-0.1, -0.05) is 30.3 Å². The molecule has 0 fully saturated rings. The molecule has 0 radical (unpaired) electrons. The number of sulfonamides is 1. The maximum atomic E-state index is 12.6. The lowest BCUT2D eigenvalue weighted by Crippen LogP contribution is -2.22. The highest BCUT2D eigenvalue weighted by Crippen LogP contribution is 2.36. The van der Waals surface area contributed by atoms with Gasteiger partial charge in [0.2, 0.25) is 10.0 Å². The molecule has 1 aromatic heterocycles. The Bertz CT molecular complexity index is 1210. The minimum Gasteiger partial charge on any atom is -0.347 e. The van der Waals surface area contributed by atoms with Crippen molar-refractivity contribution < 1.29 is 18.0 Å². The van der Waals surface area contributed by atoms with Gasteiger partial charge in [0.1, 0.15) is 4.21 Å². The van der Waals surface area contributed by atoms with E-state index in [0.717, 1.165) is 22.5 Å². The highest BCUT2D eigenvalue weighted by atomic mass is 32.2. The molecule has 1 aliphatic rings. The summed E-state index contributed by atoms with van der Waals surface area (Å²) in [6.45, 7) is 0.202. The lowest BCUT2D eigenvalue weighted by Gasteiger charge is -2.06. The lowest BCUT2D eigenvalue weighted by atomic mass is 10.0. The normalized spacial score (nSPS) is 12.5. The van der Waals surface area contributed by atoms with Gasteiger partial charge in [-0.2, -0.15) is 0 Å². The summed E-state index contributed by atoms with van der Waals surface area (Å²) in [6, 6.07) is 15.6. The van der Waals surface area contributed by atoms with Gasteiger partial charge >= 0.3 is 0 Å². The molecule has 0 aliphatic heterocycles. The van der Waals surface area contributed by atoms with Crippen LogP contribution in [-0.4, -0.2) is 27.2 Å². The fourth-order valence-corrected chi connectivity index (χ4v) is 5.27. The molecule has 1 amide bonds. The average molecular weight is 412 g/mol. The van der Waals surface area contributed by atoms with Crippen molar-refractivity contribution in [1.82, 2.24) is 10.0 Å². The van der Waals surface area contributed by atoms with Crippen LogP contribution in [0.3, 0.4) is 0 Å². The second-order valence-electron chi connectivity index (χ2n) is 6.25. The molecule has 0 atom stereocenters. The average Bonchev–Trinajstić information content (AvgIpc) is 3.30. The van der Waals surface area contributed by atoms with E-state index in [2.05, 4.69) is 10.0 Å². The van der Waals surface area contributed by atoms with Crippen molar-refractivity contribution in [3.05, 3.63) is 76.2 Å². The number of fused-ring (bicyclic) bond motifs is 3. The molecule has 1 heterocycles. The van der Waals surface area contributed by atoms with Gasteiger partial charge in [-0.15, -0.1) is 11.3 Å². The predicted molar refractivity (Wildman–Crippen MR) is 107 cm³/mol. The Morgan fingerprint density at radius 2 is 1.68 bits per heavy atom. The SMILES string of the molecule is CNS(=O)(=O)c1ccc(CNC(=O)c2ccc3c(c2)C(=O)c2ccccc2-3)s1. The van der Waals surface area contributed by atoms with E-state index in [1.54, 1.807) is 30.3 Å². The Labute approximate surface area is 166 Å². The fraction of sp³-hybridized carbons (Fsp3) is 0.100. The molecule has 8 heteroatoms. The van der Waals surface area contributed by atoms with Gasteiger partial charge in [0.15, 0.2) is 5.78 Å². The molecule has 0 spiro atoms. The van der Waals surface area contributed by atoms with Crippen molar-refractivity contribution in [3.8, 4) is 11.1 Å². The maximum Gasteiger partial charge on any atom is 0.251 e. The van der Waals surface area contributed by atoms with Crippen molar-refractivity contribution in [3.63, 3.8) is 0 Å². The van der Waals surface area contributed by atoms with E-state index in [-0.39, 0.29) is 22.4 Å².